The quantitative estimate of drug-likeness (QED) is 0.611. The molecule has 0 bridgehead atoms. The zero-order valence-electron chi connectivity index (χ0n) is 9.57. The summed E-state index contributed by atoms with van der Waals surface area (Å²) in [7, 11) is 0. The second-order valence-corrected chi connectivity index (χ2v) is 4.13. The van der Waals surface area contributed by atoms with E-state index in [1.807, 2.05) is 0 Å². The summed E-state index contributed by atoms with van der Waals surface area (Å²) >= 11 is 0. The van der Waals surface area contributed by atoms with Gasteiger partial charge in [-0.25, -0.2) is 9.98 Å². The maximum atomic E-state index is 13.0. The molecule has 0 saturated heterocycles. The number of halogens is 3. The monoisotopic (exact) mass is 262 g/mol. The van der Waals surface area contributed by atoms with Crippen molar-refractivity contribution in [2.75, 3.05) is 0 Å². The van der Waals surface area contributed by atoms with Crippen LogP contribution >= 0.6 is 0 Å². The highest BCUT2D eigenvalue weighted by Gasteiger charge is 2.68. The minimum atomic E-state index is -4.47. The number of carboxylic acids is 1. The maximum Gasteiger partial charge on any atom is 0.395 e. The van der Waals surface area contributed by atoms with Crippen LogP contribution in [-0.2, 0) is 4.79 Å². The molecule has 100 valence electrons. The minimum Gasteiger partial charge on any atom is -0.481 e. The summed E-state index contributed by atoms with van der Waals surface area (Å²) in [5.74, 6) is -2.86. The Morgan fingerprint density at radius 1 is 1.50 bits per heavy atom. The molecule has 18 heavy (non-hydrogen) atoms. The number of hydrogen-bond acceptors (Lipinski definition) is 2. The van der Waals surface area contributed by atoms with Gasteiger partial charge in [-0.1, -0.05) is 6.58 Å². The molecule has 1 N–H and O–H groups in total. The smallest absolute Gasteiger partial charge is 0.395 e. The van der Waals surface area contributed by atoms with Crippen LogP contribution in [0.25, 0.3) is 0 Å². The van der Waals surface area contributed by atoms with Gasteiger partial charge >= 0.3 is 12.1 Å². The summed E-state index contributed by atoms with van der Waals surface area (Å²) < 4.78 is 39.0. The Bertz CT molecular complexity index is 398. The van der Waals surface area contributed by atoms with Gasteiger partial charge in [0, 0.05) is 12.1 Å². The molecule has 7 heteroatoms. The standard InChI is InChI=1S/C11H13F3N2O2/c1-3-16-9(15-2)7(6-8(17)18)10(4-5-10)11(12,13)14/h3,7H,1-2,4-6H2,(H,17,18). The number of carboxylic acid groups (broad SMARTS) is 1. The highest BCUT2D eigenvalue weighted by Crippen LogP contribution is 2.63. The van der Waals surface area contributed by atoms with E-state index in [1.54, 1.807) is 0 Å². The molecular weight excluding hydrogens is 249 g/mol. The van der Waals surface area contributed by atoms with Crippen LogP contribution in [0.1, 0.15) is 19.3 Å². The Labute approximate surface area is 102 Å². The third-order valence-electron chi connectivity index (χ3n) is 3.10. The number of aliphatic carboxylic acids is 1. The van der Waals surface area contributed by atoms with Crippen molar-refractivity contribution < 1.29 is 23.1 Å². The summed E-state index contributed by atoms with van der Waals surface area (Å²) in [5, 5.41) is 8.74. The summed E-state index contributed by atoms with van der Waals surface area (Å²) in [6, 6.07) is 0. The van der Waals surface area contributed by atoms with E-state index in [9.17, 15) is 18.0 Å². The molecule has 1 aliphatic carbocycles. The first-order valence-corrected chi connectivity index (χ1v) is 5.22. The number of alkyl halides is 3. The van der Waals surface area contributed by atoms with Gasteiger partial charge in [0.25, 0.3) is 0 Å². The first kappa shape index (κ1) is 14.4. The average Bonchev–Trinajstić information content (AvgIpc) is 3.02. The number of amidine groups is 1. The van der Waals surface area contributed by atoms with Gasteiger partial charge in [0.05, 0.1) is 11.8 Å². The summed E-state index contributed by atoms with van der Waals surface area (Å²) in [6.07, 6.45) is -4.34. The van der Waals surface area contributed by atoms with Gasteiger partial charge in [-0.2, -0.15) is 13.2 Å². The largest absolute Gasteiger partial charge is 0.481 e. The zero-order valence-corrected chi connectivity index (χ0v) is 9.57. The van der Waals surface area contributed by atoms with Crippen LogP contribution in [0.5, 0.6) is 0 Å². The van der Waals surface area contributed by atoms with Crippen molar-refractivity contribution >= 4 is 18.5 Å². The highest BCUT2D eigenvalue weighted by molar-refractivity contribution is 5.92. The lowest BCUT2D eigenvalue weighted by atomic mass is 9.84. The number of nitrogens with zero attached hydrogens (tertiary/aromatic N) is 2. The second kappa shape index (κ2) is 4.91. The number of hydrogen-bond donors (Lipinski definition) is 1. The zero-order chi connectivity index (χ0) is 14.0. The SMILES string of the molecule is C=CN=C(N=C)C(CC(=O)O)C1(C(F)(F)F)CC1. The van der Waals surface area contributed by atoms with E-state index in [1.165, 1.54) is 0 Å². The second-order valence-electron chi connectivity index (χ2n) is 4.13. The van der Waals surface area contributed by atoms with Crippen LogP contribution in [0, 0.1) is 11.3 Å². The van der Waals surface area contributed by atoms with Crippen LogP contribution in [0.15, 0.2) is 22.8 Å². The average molecular weight is 262 g/mol. The molecule has 1 aliphatic rings. The lowest BCUT2D eigenvalue weighted by molar-refractivity contribution is -0.197. The van der Waals surface area contributed by atoms with Gasteiger partial charge in [0.2, 0.25) is 0 Å². The molecule has 4 nitrogen and oxygen atoms in total. The molecule has 0 aromatic rings. The van der Waals surface area contributed by atoms with Crippen LogP contribution < -0.4 is 0 Å². The maximum absolute atomic E-state index is 13.0. The Hall–Kier alpha value is -1.66. The lowest BCUT2D eigenvalue weighted by Crippen LogP contribution is -2.37. The molecule has 0 aromatic carbocycles. The highest BCUT2D eigenvalue weighted by atomic mass is 19.4. The van der Waals surface area contributed by atoms with Gasteiger partial charge in [-0.05, 0) is 19.6 Å². The van der Waals surface area contributed by atoms with E-state index in [2.05, 4.69) is 23.3 Å². The molecule has 0 radical (unpaired) electrons. The van der Waals surface area contributed by atoms with Gasteiger partial charge in [0.15, 0.2) is 0 Å². The molecule has 1 fully saturated rings. The molecule has 1 rings (SSSR count). The van der Waals surface area contributed by atoms with E-state index in [-0.39, 0.29) is 18.7 Å². The molecule has 0 heterocycles. The predicted octanol–water partition coefficient (Wildman–Crippen LogP) is 2.66. The van der Waals surface area contributed by atoms with Crippen LogP contribution in [0.4, 0.5) is 13.2 Å². The van der Waals surface area contributed by atoms with Gasteiger partial charge in [0.1, 0.15) is 5.84 Å². The summed E-state index contributed by atoms with van der Waals surface area (Å²) in [6.45, 7) is 6.41. The third-order valence-corrected chi connectivity index (χ3v) is 3.10. The predicted molar refractivity (Wildman–Crippen MR) is 60.6 cm³/mol. The normalized spacial score (nSPS) is 20.1. The van der Waals surface area contributed by atoms with Crippen LogP contribution in [-0.4, -0.2) is 29.8 Å². The van der Waals surface area contributed by atoms with Crippen molar-refractivity contribution in [2.45, 2.75) is 25.4 Å². The van der Waals surface area contributed by atoms with E-state index < -0.39 is 29.9 Å². The van der Waals surface area contributed by atoms with E-state index in [0.29, 0.717) is 0 Å². The fourth-order valence-corrected chi connectivity index (χ4v) is 2.01. The van der Waals surface area contributed by atoms with Gasteiger partial charge in [-0.3, -0.25) is 4.79 Å². The Balaban J connectivity index is 3.14. The molecule has 0 aromatic heterocycles. The van der Waals surface area contributed by atoms with Crippen LogP contribution in [0.3, 0.4) is 0 Å². The molecule has 1 unspecified atom stereocenters. The summed E-state index contributed by atoms with van der Waals surface area (Å²) in [4.78, 5) is 17.7. The first-order valence-electron chi connectivity index (χ1n) is 5.22. The van der Waals surface area contributed by atoms with E-state index >= 15 is 0 Å². The van der Waals surface area contributed by atoms with E-state index in [4.69, 9.17) is 5.11 Å². The molecule has 1 atom stereocenters. The Morgan fingerprint density at radius 3 is 2.33 bits per heavy atom. The van der Waals surface area contributed by atoms with Gasteiger partial charge in [-0.15, -0.1) is 0 Å². The number of aliphatic imine (C=N–C) groups is 2. The lowest BCUT2D eigenvalue weighted by Gasteiger charge is -2.27. The van der Waals surface area contributed by atoms with Gasteiger partial charge < -0.3 is 5.11 Å². The van der Waals surface area contributed by atoms with Crippen molar-refractivity contribution in [2.24, 2.45) is 21.3 Å². The first-order chi connectivity index (χ1) is 8.28. The molecule has 0 aliphatic heterocycles. The molecule has 1 saturated carbocycles. The summed E-state index contributed by atoms with van der Waals surface area (Å²) in [5.41, 5.74) is -2.03. The van der Waals surface area contributed by atoms with Crippen molar-refractivity contribution in [1.82, 2.24) is 0 Å². The Morgan fingerprint density at radius 2 is 2.06 bits per heavy atom. The van der Waals surface area contributed by atoms with E-state index in [0.717, 1.165) is 6.20 Å². The van der Waals surface area contributed by atoms with Crippen molar-refractivity contribution in [1.29, 1.82) is 0 Å². The fraction of sp³-hybridized carbons (Fsp3) is 0.545. The van der Waals surface area contributed by atoms with Crippen molar-refractivity contribution in [3.8, 4) is 0 Å². The number of carbonyl (C=O) groups is 1. The minimum absolute atomic E-state index is 0.111. The van der Waals surface area contributed by atoms with Crippen LogP contribution in [0.2, 0.25) is 0 Å². The van der Waals surface area contributed by atoms with Crippen molar-refractivity contribution in [3.05, 3.63) is 12.8 Å². The number of rotatable bonds is 5. The molecule has 0 spiro atoms. The topological polar surface area (TPSA) is 62.0 Å². The fourth-order valence-electron chi connectivity index (χ4n) is 2.01. The molecule has 0 amide bonds. The molecular formula is C11H13F3N2O2. The third kappa shape index (κ3) is 2.60. The Kier molecular flexibility index (Phi) is 3.93. The van der Waals surface area contributed by atoms with Crippen molar-refractivity contribution in [3.63, 3.8) is 0 Å².